The van der Waals surface area contributed by atoms with Crippen molar-refractivity contribution in [3.63, 3.8) is 0 Å². The third kappa shape index (κ3) is 9.57. The van der Waals surface area contributed by atoms with Gasteiger partial charge in [0.25, 0.3) is 0 Å². The summed E-state index contributed by atoms with van der Waals surface area (Å²) in [6.07, 6.45) is 2.53. The number of carbonyl (C=O) groups excluding carboxylic acids is 7. The molecule has 4 aliphatic heterocycles. The summed E-state index contributed by atoms with van der Waals surface area (Å²) in [4.78, 5) is 103. The molecule has 8 atom stereocenters. The monoisotopic (exact) mass is 785 g/mol. The van der Waals surface area contributed by atoms with Crippen LogP contribution in [0.25, 0.3) is 0 Å². The number of ether oxygens (including phenoxy) is 1. The first-order chi connectivity index (χ1) is 27.3. The van der Waals surface area contributed by atoms with E-state index in [4.69, 9.17) is 4.74 Å². The van der Waals surface area contributed by atoms with E-state index < -0.39 is 78.0 Å². The summed E-state index contributed by atoms with van der Waals surface area (Å²) in [6.45, 7) is 7.75. The number of esters is 1. The Labute approximate surface area is 333 Å². The van der Waals surface area contributed by atoms with E-state index in [0.717, 1.165) is 17.5 Å². The highest BCUT2D eigenvalue weighted by Gasteiger charge is 2.47. The number of urea groups is 1. The molecule has 8 unspecified atom stereocenters. The molecule has 0 aromatic heterocycles. The molecular formula is C42H55N7O8. The Morgan fingerprint density at radius 2 is 1.51 bits per heavy atom. The molecule has 0 spiro atoms. The predicted octanol–water partition coefficient (Wildman–Crippen LogP) is 2.53. The summed E-state index contributed by atoms with van der Waals surface area (Å²) >= 11 is 0. The van der Waals surface area contributed by atoms with Crippen LogP contribution in [0.1, 0.15) is 77.3 Å². The van der Waals surface area contributed by atoms with Crippen LogP contribution in [0.2, 0.25) is 0 Å². The molecule has 4 N–H and O–H groups in total. The Morgan fingerprint density at radius 1 is 0.807 bits per heavy atom. The van der Waals surface area contributed by atoms with Crippen molar-refractivity contribution in [2.45, 2.75) is 121 Å². The van der Waals surface area contributed by atoms with Crippen molar-refractivity contribution in [1.82, 2.24) is 30.7 Å². The van der Waals surface area contributed by atoms with Gasteiger partial charge >= 0.3 is 12.0 Å². The van der Waals surface area contributed by atoms with Crippen molar-refractivity contribution in [3.05, 3.63) is 65.7 Å². The molecule has 57 heavy (non-hydrogen) atoms. The van der Waals surface area contributed by atoms with Crippen molar-refractivity contribution in [2.75, 3.05) is 25.0 Å². The Morgan fingerprint density at radius 3 is 2.26 bits per heavy atom. The van der Waals surface area contributed by atoms with E-state index in [1.807, 2.05) is 62.4 Å². The predicted molar refractivity (Wildman–Crippen MR) is 210 cm³/mol. The zero-order valence-corrected chi connectivity index (χ0v) is 33.2. The zero-order chi connectivity index (χ0) is 40.8. The van der Waals surface area contributed by atoms with E-state index >= 15 is 0 Å². The fourth-order valence-electron chi connectivity index (χ4n) is 8.48. The summed E-state index contributed by atoms with van der Waals surface area (Å²) in [6, 6.07) is 9.46. The minimum Gasteiger partial charge on any atom is -0.458 e. The van der Waals surface area contributed by atoms with Gasteiger partial charge in [0, 0.05) is 31.7 Å². The van der Waals surface area contributed by atoms with E-state index in [-0.39, 0.29) is 31.3 Å². The van der Waals surface area contributed by atoms with Gasteiger partial charge in [0.15, 0.2) is 0 Å². The largest absolute Gasteiger partial charge is 0.458 e. The third-order valence-electron chi connectivity index (χ3n) is 11.5. The van der Waals surface area contributed by atoms with Gasteiger partial charge in [0.1, 0.15) is 42.4 Å². The molecule has 0 bridgehead atoms. The van der Waals surface area contributed by atoms with Gasteiger partial charge in [-0.1, -0.05) is 56.3 Å². The first-order valence-corrected chi connectivity index (χ1v) is 20.3. The number of anilines is 1. The number of hydrogen-bond acceptors (Lipinski definition) is 8. The summed E-state index contributed by atoms with van der Waals surface area (Å²) in [5.41, 5.74) is 2.30. The Kier molecular flexibility index (Phi) is 13.1. The summed E-state index contributed by atoms with van der Waals surface area (Å²) in [5, 5.41) is 11.2. The summed E-state index contributed by atoms with van der Waals surface area (Å²) in [5.74, 6) is -3.45. The van der Waals surface area contributed by atoms with E-state index in [1.165, 1.54) is 21.6 Å². The van der Waals surface area contributed by atoms with Crippen molar-refractivity contribution in [1.29, 1.82) is 0 Å². The fraction of sp³-hybridized carbons (Fsp3) is 0.548. The third-order valence-corrected chi connectivity index (χ3v) is 11.5. The highest BCUT2D eigenvalue weighted by molar-refractivity contribution is 5.98. The molecular weight excluding hydrogens is 731 g/mol. The van der Waals surface area contributed by atoms with Gasteiger partial charge in [-0.05, 0) is 88.0 Å². The molecule has 2 aromatic carbocycles. The van der Waals surface area contributed by atoms with Crippen molar-refractivity contribution >= 4 is 47.2 Å². The van der Waals surface area contributed by atoms with Crippen LogP contribution >= 0.6 is 0 Å². The quantitative estimate of drug-likeness (QED) is 0.309. The highest BCUT2D eigenvalue weighted by Crippen LogP contribution is 2.29. The molecule has 15 nitrogen and oxygen atoms in total. The number of carbonyl (C=O) groups is 7. The van der Waals surface area contributed by atoms with Crippen LogP contribution in [0.4, 0.5) is 10.5 Å². The van der Waals surface area contributed by atoms with E-state index in [9.17, 15) is 33.6 Å². The minimum atomic E-state index is -1.46. The number of aryl methyl sites for hydroxylation is 1. The number of nitrogens with one attached hydrogen (secondary N) is 4. The lowest BCUT2D eigenvalue weighted by Gasteiger charge is -2.39. The molecule has 4 heterocycles. The normalized spacial score (nSPS) is 27.8. The second-order valence-corrected chi connectivity index (χ2v) is 15.8. The molecule has 306 valence electrons. The van der Waals surface area contributed by atoms with Crippen LogP contribution in [-0.4, -0.2) is 118 Å². The number of piperidine rings is 1. The van der Waals surface area contributed by atoms with E-state index in [1.54, 1.807) is 13.0 Å². The fourth-order valence-corrected chi connectivity index (χ4v) is 8.48. The van der Waals surface area contributed by atoms with Gasteiger partial charge in [0.05, 0.1) is 0 Å². The molecule has 7 amide bonds. The molecule has 4 saturated heterocycles. The van der Waals surface area contributed by atoms with E-state index in [2.05, 4.69) is 21.3 Å². The van der Waals surface area contributed by atoms with Gasteiger partial charge < -0.3 is 40.7 Å². The van der Waals surface area contributed by atoms with Crippen LogP contribution in [0.3, 0.4) is 0 Å². The number of cyclic esters (lactones) is 1. The number of hydrogen-bond donors (Lipinski definition) is 4. The molecule has 0 aliphatic carbocycles. The lowest BCUT2D eigenvalue weighted by atomic mass is 9.99. The first kappa shape index (κ1) is 41.2. The maximum atomic E-state index is 14.7. The molecule has 4 fully saturated rings. The van der Waals surface area contributed by atoms with Gasteiger partial charge in [0.2, 0.25) is 29.5 Å². The van der Waals surface area contributed by atoms with Gasteiger partial charge in [-0.15, -0.1) is 0 Å². The molecule has 4 aliphatic rings. The lowest BCUT2D eigenvalue weighted by Crippen LogP contribution is -2.63. The van der Waals surface area contributed by atoms with Gasteiger partial charge in [-0.25, -0.2) is 9.59 Å². The topological polar surface area (TPSA) is 187 Å². The molecule has 15 heteroatoms. The number of nitrogens with zero attached hydrogens (tertiary/aromatic N) is 3. The lowest BCUT2D eigenvalue weighted by molar-refractivity contribution is -0.163. The van der Waals surface area contributed by atoms with Crippen molar-refractivity contribution in [2.24, 2.45) is 5.92 Å². The first-order valence-electron chi connectivity index (χ1n) is 20.3. The summed E-state index contributed by atoms with van der Waals surface area (Å²) < 4.78 is 5.97. The molecule has 0 saturated carbocycles. The van der Waals surface area contributed by atoms with Crippen molar-refractivity contribution in [3.8, 4) is 0 Å². The minimum absolute atomic E-state index is 0.0545. The molecule has 6 rings (SSSR count). The van der Waals surface area contributed by atoms with Crippen LogP contribution in [-0.2, 0) is 46.3 Å². The zero-order valence-electron chi connectivity index (χ0n) is 33.2. The molecule has 2 aromatic rings. The standard InChI is InChI=1S/C42H55N7O8/c1-5-28-15-11-16-30(22-28)44-42(56)45-31(23-29-13-7-6-8-14-29)36(50)46-35-27(4)57-41(55)34-21-25(2)24-49(34)38(52)26(3)43-37(51)32-17-9-10-19-47(32)39(53)33-18-12-20-48(33)40(35)54/h6-8,11,13-16,22,25-27,31-35H,5,9-10,12,17-21,23-24H2,1-4H3,(H,43,51)(H,46,50)(H2,44,45,56). The van der Waals surface area contributed by atoms with Crippen LogP contribution in [0.15, 0.2) is 54.6 Å². The number of benzene rings is 2. The smallest absolute Gasteiger partial charge is 0.329 e. The number of rotatable bonds is 7. The van der Waals surface area contributed by atoms with Crippen molar-refractivity contribution < 1.29 is 38.3 Å². The highest BCUT2D eigenvalue weighted by atomic mass is 16.5. The Balaban J connectivity index is 1.32. The van der Waals surface area contributed by atoms with Gasteiger partial charge in [-0.3, -0.25) is 24.0 Å². The maximum Gasteiger partial charge on any atom is 0.329 e. The molecule has 0 radical (unpaired) electrons. The Bertz CT molecular complexity index is 1840. The second-order valence-electron chi connectivity index (χ2n) is 15.8. The number of fused-ring (bicyclic) bond motifs is 3. The number of amides is 7. The average molecular weight is 786 g/mol. The summed E-state index contributed by atoms with van der Waals surface area (Å²) in [7, 11) is 0. The van der Waals surface area contributed by atoms with Crippen LogP contribution in [0, 0.1) is 5.92 Å². The van der Waals surface area contributed by atoms with Gasteiger partial charge in [-0.2, -0.15) is 0 Å². The second kappa shape index (κ2) is 18.2. The SMILES string of the molecule is CCc1cccc(NC(=O)NC(Cc2ccccc2)C(=O)NC2C(=O)N3CCCC3C(=O)N3CCCCC3C(=O)NC(C)C(=O)N3CC(C)CC3C(=O)OC2C)c1. The maximum absolute atomic E-state index is 14.7. The average Bonchev–Trinajstić information content (AvgIpc) is 3.86. The van der Waals surface area contributed by atoms with Crippen LogP contribution < -0.4 is 21.3 Å². The Hall–Kier alpha value is -5.47. The van der Waals surface area contributed by atoms with E-state index in [0.29, 0.717) is 50.8 Å². The van der Waals surface area contributed by atoms with Crippen LogP contribution in [0.5, 0.6) is 0 Å².